The lowest BCUT2D eigenvalue weighted by Gasteiger charge is -2.14. The van der Waals surface area contributed by atoms with E-state index in [0.29, 0.717) is 5.69 Å². The summed E-state index contributed by atoms with van der Waals surface area (Å²) in [6, 6.07) is -0.786. The summed E-state index contributed by atoms with van der Waals surface area (Å²) in [5.41, 5.74) is 0.690. The van der Waals surface area contributed by atoms with E-state index in [9.17, 15) is 22.7 Å². The first kappa shape index (κ1) is 16.0. The fourth-order valence-corrected chi connectivity index (χ4v) is 2.95. The molecular formula is C12H13FN4O4S. The molecule has 0 aliphatic carbocycles. The molecule has 0 saturated heterocycles. The third-order valence-corrected chi connectivity index (χ3v) is 4.48. The van der Waals surface area contributed by atoms with E-state index in [-0.39, 0.29) is 5.56 Å². The Balaban J connectivity index is 2.40. The second-order valence-electron chi connectivity index (χ2n) is 4.54. The first-order valence-corrected chi connectivity index (χ1v) is 7.55. The van der Waals surface area contributed by atoms with Crippen molar-refractivity contribution in [2.45, 2.75) is 17.9 Å². The average Bonchev–Trinajstić information content (AvgIpc) is 2.76. The summed E-state index contributed by atoms with van der Waals surface area (Å²) in [5, 5.41) is 13.2. The average molecular weight is 328 g/mol. The third kappa shape index (κ3) is 3.12. The lowest BCUT2D eigenvalue weighted by molar-refractivity contribution is -0.139. The van der Waals surface area contributed by atoms with E-state index in [1.54, 1.807) is 14.0 Å². The standard InChI is InChI=1S/C12H13FN4O4S/c1-7-10(6-15-17(7)2)11(12(18)19)16-22(20,21)9-3-8(13)4-14-5-9/h3-6,11,16H,1-2H3,(H,18,19). The zero-order valence-electron chi connectivity index (χ0n) is 11.7. The molecule has 10 heteroatoms. The highest BCUT2D eigenvalue weighted by Crippen LogP contribution is 2.20. The minimum Gasteiger partial charge on any atom is -0.480 e. The van der Waals surface area contributed by atoms with Gasteiger partial charge in [-0.1, -0.05) is 0 Å². The van der Waals surface area contributed by atoms with Crippen molar-refractivity contribution < 1.29 is 22.7 Å². The maximum Gasteiger partial charge on any atom is 0.326 e. The number of hydrogen-bond donors (Lipinski definition) is 2. The Morgan fingerprint density at radius 1 is 1.41 bits per heavy atom. The van der Waals surface area contributed by atoms with Crippen LogP contribution in [-0.2, 0) is 21.9 Å². The van der Waals surface area contributed by atoms with E-state index >= 15 is 0 Å². The number of carboxylic acid groups (broad SMARTS) is 1. The molecule has 22 heavy (non-hydrogen) atoms. The number of nitrogens with one attached hydrogen (secondary N) is 1. The molecule has 2 rings (SSSR count). The molecule has 0 spiro atoms. The third-order valence-electron chi connectivity index (χ3n) is 3.09. The topological polar surface area (TPSA) is 114 Å². The van der Waals surface area contributed by atoms with Crippen molar-refractivity contribution in [3.63, 3.8) is 0 Å². The smallest absolute Gasteiger partial charge is 0.326 e. The van der Waals surface area contributed by atoms with Crippen molar-refractivity contribution in [3.8, 4) is 0 Å². The normalized spacial score (nSPS) is 13.0. The van der Waals surface area contributed by atoms with Crippen LogP contribution in [0.15, 0.2) is 29.6 Å². The monoisotopic (exact) mass is 328 g/mol. The molecule has 0 aromatic carbocycles. The van der Waals surface area contributed by atoms with E-state index in [4.69, 9.17) is 0 Å². The highest BCUT2D eigenvalue weighted by atomic mass is 32.2. The molecule has 2 N–H and O–H groups in total. The lowest BCUT2D eigenvalue weighted by atomic mass is 10.1. The number of aliphatic carboxylic acids is 1. The summed E-state index contributed by atoms with van der Waals surface area (Å²) in [5.74, 6) is -2.24. The van der Waals surface area contributed by atoms with Gasteiger partial charge in [0, 0.05) is 24.5 Å². The summed E-state index contributed by atoms with van der Waals surface area (Å²) in [6.45, 7) is 1.61. The number of rotatable bonds is 5. The number of aryl methyl sites for hydroxylation is 1. The van der Waals surface area contributed by atoms with Gasteiger partial charge >= 0.3 is 5.97 Å². The Labute approximate surface area is 125 Å². The molecular weight excluding hydrogens is 315 g/mol. The van der Waals surface area contributed by atoms with E-state index in [1.807, 2.05) is 4.72 Å². The van der Waals surface area contributed by atoms with Gasteiger partial charge in [-0.3, -0.25) is 14.5 Å². The summed E-state index contributed by atoms with van der Waals surface area (Å²) in [6.07, 6.45) is 3.04. The number of carboxylic acids is 1. The van der Waals surface area contributed by atoms with Gasteiger partial charge in [0.05, 0.1) is 12.4 Å². The fraction of sp³-hybridized carbons (Fsp3) is 0.250. The van der Waals surface area contributed by atoms with Crippen LogP contribution in [0.2, 0.25) is 0 Å². The van der Waals surface area contributed by atoms with E-state index in [2.05, 4.69) is 10.1 Å². The van der Waals surface area contributed by atoms with Gasteiger partial charge in [-0.05, 0) is 13.0 Å². The van der Waals surface area contributed by atoms with Crippen LogP contribution in [0.5, 0.6) is 0 Å². The first-order chi connectivity index (χ1) is 10.2. The number of carbonyl (C=O) groups is 1. The number of pyridine rings is 1. The quantitative estimate of drug-likeness (QED) is 0.819. The highest BCUT2D eigenvalue weighted by Gasteiger charge is 2.30. The predicted molar refractivity (Wildman–Crippen MR) is 72.8 cm³/mol. The van der Waals surface area contributed by atoms with Crippen molar-refractivity contribution >= 4 is 16.0 Å². The van der Waals surface area contributed by atoms with Gasteiger partial charge in [-0.2, -0.15) is 9.82 Å². The Morgan fingerprint density at radius 3 is 2.59 bits per heavy atom. The van der Waals surface area contributed by atoms with Crippen LogP contribution >= 0.6 is 0 Å². The van der Waals surface area contributed by atoms with Gasteiger partial charge in [0.2, 0.25) is 10.0 Å². The molecule has 2 aromatic rings. The fourth-order valence-electron chi connectivity index (χ4n) is 1.81. The van der Waals surface area contributed by atoms with Crippen LogP contribution in [-0.4, -0.2) is 34.3 Å². The molecule has 0 aliphatic heterocycles. The summed E-state index contributed by atoms with van der Waals surface area (Å²) in [4.78, 5) is 14.4. The molecule has 2 aromatic heterocycles. The first-order valence-electron chi connectivity index (χ1n) is 6.06. The highest BCUT2D eigenvalue weighted by molar-refractivity contribution is 7.89. The van der Waals surface area contributed by atoms with Crippen molar-refractivity contribution in [1.82, 2.24) is 19.5 Å². The summed E-state index contributed by atoms with van der Waals surface area (Å²) < 4.78 is 40.9. The zero-order chi connectivity index (χ0) is 16.5. The molecule has 2 heterocycles. The van der Waals surface area contributed by atoms with Crippen molar-refractivity contribution in [1.29, 1.82) is 0 Å². The summed E-state index contributed by atoms with van der Waals surface area (Å²) in [7, 11) is -2.65. The van der Waals surface area contributed by atoms with Gasteiger partial charge in [0.15, 0.2) is 0 Å². The maximum absolute atomic E-state index is 13.1. The van der Waals surface area contributed by atoms with Crippen molar-refractivity contribution in [2.24, 2.45) is 7.05 Å². The molecule has 0 bridgehead atoms. The maximum atomic E-state index is 13.1. The van der Waals surface area contributed by atoms with Crippen molar-refractivity contribution in [2.75, 3.05) is 0 Å². The molecule has 118 valence electrons. The Bertz CT molecular complexity index is 818. The lowest BCUT2D eigenvalue weighted by Crippen LogP contribution is -2.34. The Hall–Kier alpha value is -2.33. The number of sulfonamides is 1. The van der Waals surface area contributed by atoms with Crippen LogP contribution in [0.4, 0.5) is 4.39 Å². The minimum absolute atomic E-state index is 0.197. The van der Waals surface area contributed by atoms with E-state index < -0.39 is 32.7 Å². The molecule has 0 aliphatic rings. The van der Waals surface area contributed by atoms with Gasteiger partial charge in [0.1, 0.15) is 16.8 Å². The number of hydrogen-bond acceptors (Lipinski definition) is 5. The molecule has 8 nitrogen and oxygen atoms in total. The predicted octanol–water partition coefficient (Wildman–Crippen LogP) is 0.367. The van der Waals surface area contributed by atoms with Crippen molar-refractivity contribution in [3.05, 3.63) is 41.7 Å². The SMILES string of the molecule is Cc1c(C(NS(=O)(=O)c2cncc(F)c2)C(=O)O)cnn1C. The number of nitrogens with zero attached hydrogens (tertiary/aromatic N) is 3. The van der Waals surface area contributed by atoms with Gasteiger partial charge in [-0.15, -0.1) is 0 Å². The van der Waals surface area contributed by atoms with Gasteiger partial charge < -0.3 is 5.11 Å². The Morgan fingerprint density at radius 2 is 2.09 bits per heavy atom. The van der Waals surface area contributed by atoms with Gasteiger partial charge in [-0.25, -0.2) is 12.8 Å². The van der Waals surface area contributed by atoms with Crippen LogP contribution in [0.3, 0.4) is 0 Å². The van der Waals surface area contributed by atoms with E-state index in [1.165, 1.54) is 10.9 Å². The van der Waals surface area contributed by atoms with Crippen LogP contribution in [0.1, 0.15) is 17.3 Å². The van der Waals surface area contributed by atoms with Crippen LogP contribution in [0.25, 0.3) is 0 Å². The molecule has 0 amide bonds. The molecule has 0 radical (unpaired) electrons. The van der Waals surface area contributed by atoms with Crippen LogP contribution in [0, 0.1) is 12.7 Å². The van der Waals surface area contributed by atoms with Gasteiger partial charge in [0.25, 0.3) is 0 Å². The second kappa shape index (κ2) is 5.81. The van der Waals surface area contributed by atoms with Crippen LogP contribution < -0.4 is 4.72 Å². The van der Waals surface area contributed by atoms with E-state index in [0.717, 1.165) is 18.5 Å². The minimum atomic E-state index is -4.25. The molecule has 0 saturated carbocycles. The largest absolute Gasteiger partial charge is 0.480 e. The molecule has 1 unspecified atom stereocenters. The molecule has 1 atom stereocenters. The zero-order valence-corrected chi connectivity index (χ0v) is 12.5. The molecule has 0 fully saturated rings. The number of aromatic nitrogens is 3. The Kier molecular flexibility index (Phi) is 4.24. The second-order valence-corrected chi connectivity index (χ2v) is 6.25. The number of halogens is 1. The summed E-state index contributed by atoms with van der Waals surface area (Å²) >= 11 is 0.